The smallest absolute Gasteiger partial charge is 0.00474 e. The number of hydrogen-bond donors (Lipinski definition) is 0. The number of hydrogen-bond acceptors (Lipinski definition) is 1. The van der Waals surface area contributed by atoms with E-state index < -0.39 is 0 Å². The summed E-state index contributed by atoms with van der Waals surface area (Å²) in [6.45, 7) is 0. The molecule has 0 heterocycles. The van der Waals surface area contributed by atoms with E-state index in [1.807, 2.05) is 24.3 Å². The van der Waals surface area contributed by atoms with Crippen LogP contribution in [-0.4, -0.2) is 0 Å². The van der Waals surface area contributed by atoms with Crippen molar-refractivity contribution in [2.75, 3.05) is 0 Å². The van der Waals surface area contributed by atoms with Crippen LogP contribution in [0.1, 0.15) is 12.0 Å². The molecule has 0 aliphatic carbocycles. The summed E-state index contributed by atoms with van der Waals surface area (Å²) in [4.78, 5) is 2.62. The molecule has 0 amide bonds. The van der Waals surface area contributed by atoms with Crippen LogP contribution in [-0.2, 0) is 6.42 Å². The summed E-state index contributed by atoms with van der Waals surface area (Å²) in [7, 11) is 0. The minimum Gasteiger partial charge on any atom is -0.0820 e. The maximum absolute atomic E-state index is 7.99. The largest absolute Gasteiger partial charge is 0.0820 e. The lowest BCUT2D eigenvalue weighted by molar-refractivity contribution is 0.998. The fraction of sp³-hybridized carbons (Fsp3) is 0.200. The van der Waals surface area contributed by atoms with E-state index in [4.69, 9.17) is 5.53 Å². The summed E-state index contributed by atoms with van der Waals surface area (Å²) in [5.41, 5.74) is 9.29. The molecule has 0 radical (unpaired) electrons. The number of rotatable bonds is 4. The van der Waals surface area contributed by atoms with Crippen LogP contribution in [0.4, 0.5) is 0 Å². The third-order valence-electron chi connectivity index (χ3n) is 1.67. The van der Waals surface area contributed by atoms with Gasteiger partial charge in [0.25, 0.3) is 0 Å². The molecule has 0 saturated heterocycles. The molecule has 0 aliphatic rings. The van der Waals surface area contributed by atoms with Gasteiger partial charge in [-0.1, -0.05) is 41.5 Å². The van der Waals surface area contributed by atoms with Crippen LogP contribution in [0.25, 0.3) is 10.4 Å². The molecule has 0 unspecified atom stereocenters. The number of aryl methyl sites for hydroxylation is 1. The van der Waals surface area contributed by atoms with Gasteiger partial charge in [0.05, 0.1) is 0 Å². The average molecular weight is 173 g/mol. The van der Waals surface area contributed by atoms with Gasteiger partial charge in [-0.05, 0) is 30.1 Å². The molecule has 0 aromatic heterocycles. The molecule has 1 aromatic rings. The van der Waals surface area contributed by atoms with Crippen LogP contribution in [0.15, 0.2) is 47.7 Å². The van der Waals surface area contributed by atoms with Crippen molar-refractivity contribution >= 4 is 0 Å². The van der Waals surface area contributed by atoms with Gasteiger partial charge in [-0.2, -0.15) is 0 Å². The van der Waals surface area contributed by atoms with Gasteiger partial charge in [0.1, 0.15) is 0 Å². The zero-order chi connectivity index (χ0) is 9.36. The Bertz CT molecular complexity index is 310. The molecule has 66 valence electrons. The van der Waals surface area contributed by atoms with Crippen LogP contribution < -0.4 is 0 Å². The topological polar surface area (TPSA) is 48.8 Å². The van der Waals surface area contributed by atoms with E-state index in [2.05, 4.69) is 22.2 Å². The molecular weight excluding hydrogens is 162 g/mol. The Morgan fingerprint density at radius 2 is 2.08 bits per heavy atom. The Balaban J connectivity index is 2.32. The Kier molecular flexibility index (Phi) is 4.22. The van der Waals surface area contributed by atoms with Gasteiger partial charge in [0.2, 0.25) is 0 Å². The fourth-order valence-corrected chi connectivity index (χ4v) is 1.05. The van der Waals surface area contributed by atoms with Crippen LogP contribution in [0.3, 0.4) is 0 Å². The van der Waals surface area contributed by atoms with Crippen LogP contribution in [0.5, 0.6) is 0 Å². The summed E-state index contributed by atoms with van der Waals surface area (Å²) >= 11 is 0. The molecule has 0 spiro atoms. The van der Waals surface area contributed by atoms with E-state index in [1.165, 1.54) is 11.8 Å². The van der Waals surface area contributed by atoms with E-state index in [9.17, 15) is 0 Å². The number of allylic oxidation sites excluding steroid dienone is 1. The highest BCUT2D eigenvalue weighted by Crippen LogP contribution is 2.02. The molecule has 1 aromatic carbocycles. The molecule has 3 heteroatoms. The maximum atomic E-state index is 7.99. The monoisotopic (exact) mass is 173 g/mol. The van der Waals surface area contributed by atoms with Crippen LogP contribution in [0.2, 0.25) is 0 Å². The van der Waals surface area contributed by atoms with Crippen molar-refractivity contribution in [3.05, 3.63) is 58.6 Å². The number of benzene rings is 1. The Hall–Kier alpha value is -1.73. The number of nitrogens with zero attached hydrogens (tertiary/aromatic N) is 3. The summed E-state index contributed by atoms with van der Waals surface area (Å²) in [5, 5.41) is 3.30. The molecule has 0 saturated carbocycles. The quantitative estimate of drug-likeness (QED) is 0.380. The first-order chi connectivity index (χ1) is 6.43. The predicted octanol–water partition coefficient (Wildman–Crippen LogP) is 3.44. The summed E-state index contributed by atoms with van der Waals surface area (Å²) in [6, 6.07) is 10.2. The highest BCUT2D eigenvalue weighted by Gasteiger charge is 1.86. The van der Waals surface area contributed by atoms with E-state index in [0.29, 0.717) is 0 Å². The van der Waals surface area contributed by atoms with E-state index in [-0.39, 0.29) is 0 Å². The molecule has 0 bridgehead atoms. The van der Waals surface area contributed by atoms with Crippen LogP contribution >= 0.6 is 0 Å². The minimum atomic E-state index is 0.906. The van der Waals surface area contributed by atoms with Gasteiger partial charge >= 0.3 is 0 Å². The Morgan fingerprint density at radius 3 is 2.77 bits per heavy atom. The minimum absolute atomic E-state index is 0.906. The number of azide groups is 1. The highest BCUT2D eigenvalue weighted by molar-refractivity contribution is 5.15. The zero-order valence-electron chi connectivity index (χ0n) is 7.30. The second-order valence-corrected chi connectivity index (χ2v) is 2.61. The van der Waals surface area contributed by atoms with Crippen molar-refractivity contribution in [1.82, 2.24) is 0 Å². The normalized spacial score (nSPS) is 9.85. The van der Waals surface area contributed by atoms with E-state index >= 15 is 0 Å². The molecule has 3 nitrogen and oxygen atoms in total. The summed E-state index contributed by atoms with van der Waals surface area (Å²) < 4.78 is 0. The van der Waals surface area contributed by atoms with Gasteiger partial charge in [0.15, 0.2) is 0 Å². The van der Waals surface area contributed by atoms with Gasteiger partial charge in [-0.3, -0.25) is 0 Å². The van der Waals surface area contributed by atoms with Crippen molar-refractivity contribution in [2.24, 2.45) is 5.11 Å². The summed E-state index contributed by atoms with van der Waals surface area (Å²) in [6.07, 6.45) is 5.25. The first-order valence-corrected chi connectivity index (χ1v) is 4.16. The van der Waals surface area contributed by atoms with Gasteiger partial charge in [-0.15, -0.1) is 0 Å². The Morgan fingerprint density at radius 1 is 1.31 bits per heavy atom. The molecule has 1 rings (SSSR count). The standard InChI is InChI=1S/C10H11N3/c11-13-12-9-5-4-8-10-6-2-1-3-7-10/h1-3,5-7,9H,4,8H2/b9-5-. The molecule has 0 aliphatic heterocycles. The van der Waals surface area contributed by atoms with Crippen LogP contribution in [0, 0.1) is 0 Å². The fourth-order valence-electron chi connectivity index (χ4n) is 1.05. The van der Waals surface area contributed by atoms with E-state index in [0.717, 1.165) is 12.8 Å². The second kappa shape index (κ2) is 5.86. The molecule has 13 heavy (non-hydrogen) atoms. The van der Waals surface area contributed by atoms with Gasteiger partial charge in [0, 0.05) is 4.91 Å². The third-order valence-corrected chi connectivity index (χ3v) is 1.67. The van der Waals surface area contributed by atoms with Gasteiger partial charge in [-0.25, -0.2) is 0 Å². The van der Waals surface area contributed by atoms with Crippen molar-refractivity contribution in [1.29, 1.82) is 0 Å². The second-order valence-electron chi connectivity index (χ2n) is 2.61. The predicted molar refractivity (Wildman–Crippen MR) is 53.0 cm³/mol. The average Bonchev–Trinajstić information content (AvgIpc) is 2.19. The molecule has 0 fully saturated rings. The molecule has 0 N–H and O–H groups in total. The van der Waals surface area contributed by atoms with E-state index in [1.54, 1.807) is 0 Å². The Labute approximate surface area is 77.3 Å². The molecular formula is C10H11N3. The lowest BCUT2D eigenvalue weighted by atomic mass is 10.1. The van der Waals surface area contributed by atoms with Gasteiger partial charge < -0.3 is 0 Å². The van der Waals surface area contributed by atoms with Crippen molar-refractivity contribution < 1.29 is 0 Å². The highest BCUT2D eigenvalue weighted by atomic mass is 15.1. The lowest BCUT2D eigenvalue weighted by Gasteiger charge is -1.95. The summed E-state index contributed by atoms with van der Waals surface area (Å²) in [5.74, 6) is 0. The zero-order valence-corrected chi connectivity index (χ0v) is 7.30. The third kappa shape index (κ3) is 3.99. The van der Waals surface area contributed by atoms with Crippen molar-refractivity contribution in [3.63, 3.8) is 0 Å². The van der Waals surface area contributed by atoms with Crippen molar-refractivity contribution in [2.45, 2.75) is 12.8 Å². The SMILES string of the molecule is [N-]=[N+]=N/C=C\CCc1ccccc1. The van der Waals surface area contributed by atoms with Crippen molar-refractivity contribution in [3.8, 4) is 0 Å². The lowest BCUT2D eigenvalue weighted by Crippen LogP contribution is -1.80. The molecule has 0 atom stereocenters. The maximum Gasteiger partial charge on any atom is 0.00474 e. The first-order valence-electron chi connectivity index (χ1n) is 4.16. The first kappa shape index (κ1) is 9.36.